The monoisotopic (exact) mass is 460 g/mol. The van der Waals surface area contributed by atoms with Gasteiger partial charge in [-0.05, 0) is 25.1 Å². The fourth-order valence-corrected chi connectivity index (χ4v) is 3.36. The van der Waals surface area contributed by atoms with Crippen LogP contribution in [0.1, 0.15) is 11.1 Å². The number of benzene rings is 2. The summed E-state index contributed by atoms with van der Waals surface area (Å²) >= 11 is 0. The number of rotatable bonds is 10. The molecular formula is C18H18F2N2O8S. The smallest absolute Gasteiger partial charge is 0.387 e. The van der Waals surface area contributed by atoms with Gasteiger partial charge in [0, 0.05) is 0 Å². The third kappa shape index (κ3) is 6.58. The van der Waals surface area contributed by atoms with Crippen LogP contribution in [0.2, 0.25) is 0 Å². The van der Waals surface area contributed by atoms with Crippen molar-refractivity contribution in [1.82, 2.24) is 4.72 Å². The molecule has 0 saturated heterocycles. The second-order valence-electron chi connectivity index (χ2n) is 6.07. The molecule has 0 unspecified atom stereocenters. The van der Waals surface area contributed by atoms with Gasteiger partial charge in [-0.2, -0.15) is 13.5 Å². The minimum atomic E-state index is -3.97. The normalized spacial score (nSPS) is 11.3. The number of aryl methyl sites for hydroxylation is 1. The maximum Gasteiger partial charge on any atom is 0.387 e. The van der Waals surface area contributed by atoms with Gasteiger partial charge in [0.2, 0.25) is 10.0 Å². The largest absolute Gasteiger partial charge is 0.493 e. The molecule has 0 saturated carbocycles. The zero-order chi connectivity index (χ0) is 23.2. The van der Waals surface area contributed by atoms with Crippen LogP contribution in [-0.4, -0.2) is 39.6 Å². The lowest BCUT2D eigenvalue weighted by atomic mass is 10.1. The molecule has 0 radical (unpaired) electrons. The number of hydrogen-bond donors (Lipinski definition) is 1. The zero-order valence-corrected chi connectivity index (χ0v) is 17.1. The number of nitro groups is 1. The van der Waals surface area contributed by atoms with Crippen LogP contribution in [0.3, 0.4) is 0 Å². The molecule has 0 aliphatic carbocycles. The SMILES string of the molecule is COc1cc(COC(=O)CNS(=O)(=O)c2ccc(C)cc2)c([N+](=O)[O-])cc1OC(F)F. The lowest BCUT2D eigenvalue weighted by Gasteiger charge is -2.12. The molecule has 10 nitrogen and oxygen atoms in total. The Balaban J connectivity index is 2.08. The highest BCUT2D eigenvalue weighted by Crippen LogP contribution is 2.36. The number of esters is 1. The van der Waals surface area contributed by atoms with Crippen molar-refractivity contribution < 1.29 is 41.1 Å². The average Bonchev–Trinajstić information content (AvgIpc) is 2.70. The lowest BCUT2D eigenvalue weighted by Crippen LogP contribution is -2.30. The van der Waals surface area contributed by atoms with E-state index in [1.165, 1.54) is 12.1 Å². The molecule has 2 aromatic carbocycles. The Morgan fingerprint density at radius 2 is 1.84 bits per heavy atom. The number of ether oxygens (including phenoxy) is 3. The second-order valence-corrected chi connectivity index (χ2v) is 7.83. The highest BCUT2D eigenvalue weighted by atomic mass is 32.2. The molecular weight excluding hydrogens is 442 g/mol. The number of nitrogens with one attached hydrogen (secondary N) is 1. The lowest BCUT2D eigenvalue weighted by molar-refractivity contribution is -0.386. The van der Waals surface area contributed by atoms with E-state index in [9.17, 15) is 32.1 Å². The number of alkyl halides is 2. The molecule has 0 fully saturated rings. The summed E-state index contributed by atoms with van der Waals surface area (Å²) in [6.45, 7) is -2.82. The van der Waals surface area contributed by atoms with Gasteiger partial charge in [0.05, 0.1) is 28.6 Å². The Bertz CT molecular complexity index is 1060. The van der Waals surface area contributed by atoms with Crippen molar-refractivity contribution in [2.45, 2.75) is 25.0 Å². The molecule has 2 aromatic rings. The van der Waals surface area contributed by atoms with Crippen molar-refractivity contribution in [3.63, 3.8) is 0 Å². The van der Waals surface area contributed by atoms with Gasteiger partial charge < -0.3 is 14.2 Å². The fraction of sp³-hybridized carbons (Fsp3) is 0.278. The molecule has 0 aliphatic heterocycles. The van der Waals surface area contributed by atoms with Crippen molar-refractivity contribution in [2.24, 2.45) is 0 Å². The molecule has 0 heterocycles. The number of sulfonamides is 1. The maximum absolute atomic E-state index is 12.5. The molecule has 31 heavy (non-hydrogen) atoms. The molecule has 0 aliphatic rings. The molecule has 13 heteroatoms. The summed E-state index contributed by atoms with van der Waals surface area (Å²) in [6, 6.07) is 7.62. The van der Waals surface area contributed by atoms with Crippen molar-refractivity contribution >= 4 is 21.7 Å². The van der Waals surface area contributed by atoms with E-state index in [2.05, 4.69) is 9.46 Å². The summed E-state index contributed by atoms with van der Waals surface area (Å²) in [5.74, 6) is -1.82. The molecule has 0 atom stereocenters. The minimum absolute atomic E-state index is 0.0547. The summed E-state index contributed by atoms with van der Waals surface area (Å²) in [5, 5.41) is 11.2. The Labute approximate surface area is 175 Å². The Morgan fingerprint density at radius 1 is 1.19 bits per heavy atom. The number of nitrogens with zero attached hydrogens (tertiary/aromatic N) is 1. The van der Waals surface area contributed by atoms with Crippen LogP contribution in [0.25, 0.3) is 0 Å². The quantitative estimate of drug-likeness (QED) is 0.325. The van der Waals surface area contributed by atoms with Crippen LogP contribution in [0.5, 0.6) is 11.5 Å². The molecule has 0 amide bonds. The molecule has 0 aromatic heterocycles. The molecule has 2 rings (SSSR count). The number of methoxy groups -OCH3 is 1. The Hall–Kier alpha value is -3.32. The van der Waals surface area contributed by atoms with Crippen LogP contribution in [0.15, 0.2) is 41.3 Å². The first-order valence-electron chi connectivity index (χ1n) is 8.55. The fourth-order valence-electron chi connectivity index (χ4n) is 2.39. The van der Waals surface area contributed by atoms with E-state index in [1.54, 1.807) is 19.1 Å². The van der Waals surface area contributed by atoms with E-state index in [0.29, 0.717) is 6.07 Å². The number of carbonyl (C=O) groups is 1. The van der Waals surface area contributed by atoms with Gasteiger partial charge in [0.15, 0.2) is 11.5 Å². The number of hydrogen-bond acceptors (Lipinski definition) is 8. The Morgan fingerprint density at radius 3 is 2.39 bits per heavy atom. The third-order valence-corrected chi connectivity index (χ3v) is 5.32. The molecule has 0 spiro atoms. The Kier molecular flexibility index (Phi) is 7.83. The summed E-state index contributed by atoms with van der Waals surface area (Å²) in [7, 11) is -2.84. The first kappa shape index (κ1) is 24.0. The van der Waals surface area contributed by atoms with E-state index in [4.69, 9.17) is 9.47 Å². The minimum Gasteiger partial charge on any atom is -0.493 e. The van der Waals surface area contributed by atoms with E-state index in [0.717, 1.165) is 18.7 Å². The van der Waals surface area contributed by atoms with Gasteiger partial charge in [-0.15, -0.1) is 0 Å². The number of nitro benzene ring substituents is 1. The summed E-state index contributed by atoms with van der Waals surface area (Å²) in [5.41, 5.74) is 0.0306. The highest BCUT2D eigenvalue weighted by Gasteiger charge is 2.23. The standard InChI is InChI=1S/C18H18F2N2O8S/c1-11-3-5-13(6-4-11)31(26,27)21-9-17(23)29-10-12-7-15(28-2)16(30-18(19)20)8-14(12)22(24)25/h3-8,18,21H,9-10H2,1-2H3. The molecule has 0 bridgehead atoms. The van der Waals surface area contributed by atoms with Crippen LogP contribution < -0.4 is 14.2 Å². The topological polar surface area (TPSA) is 134 Å². The maximum atomic E-state index is 12.5. The van der Waals surface area contributed by atoms with Crippen LogP contribution >= 0.6 is 0 Å². The summed E-state index contributed by atoms with van der Waals surface area (Å²) < 4.78 is 65.3. The predicted molar refractivity (Wildman–Crippen MR) is 102 cm³/mol. The summed E-state index contributed by atoms with van der Waals surface area (Å²) in [6.07, 6.45) is 0. The van der Waals surface area contributed by atoms with Crippen LogP contribution in [-0.2, 0) is 26.2 Å². The van der Waals surface area contributed by atoms with Gasteiger partial charge in [0.1, 0.15) is 13.2 Å². The average molecular weight is 460 g/mol. The highest BCUT2D eigenvalue weighted by molar-refractivity contribution is 7.89. The van der Waals surface area contributed by atoms with Gasteiger partial charge in [0.25, 0.3) is 5.69 Å². The van der Waals surface area contributed by atoms with Gasteiger partial charge in [-0.1, -0.05) is 17.7 Å². The van der Waals surface area contributed by atoms with E-state index < -0.39 is 52.1 Å². The van der Waals surface area contributed by atoms with Crippen molar-refractivity contribution in [2.75, 3.05) is 13.7 Å². The van der Waals surface area contributed by atoms with E-state index in [1.807, 2.05) is 0 Å². The molecule has 1 N–H and O–H groups in total. The van der Waals surface area contributed by atoms with Crippen molar-refractivity contribution in [1.29, 1.82) is 0 Å². The van der Waals surface area contributed by atoms with Gasteiger partial charge in [-0.25, -0.2) is 8.42 Å². The van der Waals surface area contributed by atoms with E-state index >= 15 is 0 Å². The van der Waals surface area contributed by atoms with Crippen molar-refractivity contribution in [3.05, 3.63) is 57.6 Å². The number of carbonyl (C=O) groups excluding carboxylic acids is 1. The first-order chi connectivity index (χ1) is 14.5. The number of halogens is 2. The van der Waals surface area contributed by atoms with Crippen molar-refractivity contribution in [3.8, 4) is 11.5 Å². The summed E-state index contributed by atoms with van der Waals surface area (Å²) in [4.78, 5) is 22.2. The second kappa shape index (κ2) is 10.1. The van der Waals surface area contributed by atoms with Gasteiger partial charge in [-0.3, -0.25) is 14.9 Å². The first-order valence-corrected chi connectivity index (χ1v) is 10.0. The predicted octanol–water partition coefficient (Wildman–Crippen LogP) is 2.53. The van der Waals surface area contributed by atoms with Gasteiger partial charge >= 0.3 is 12.6 Å². The zero-order valence-electron chi connectivity index (χ0n) is 16.3. The van der Waals surface area contributed by atoms with E-state index in [-0.39, 0.29) is 16.2 Å². The van der Waals surface area contributed by atoms with Crippen LogP contribution in [0, 0.1) is 17.0 Å². The third-order valence-electron chi connectivity index (χ3n) is 3.90. The van der Waals surface area contributed by atoms with Crippen LogP contribution in [0.4, 0.5) is 14.5 Å². The molecule has 168 valence electrons.